The molecule has 124 valence electrons. The molecule has 3 nitrogen and oxygen atoms in total. The Hall–Kier alpha value is -2.69. The zero-order chi connectivity index (χ0) is 17.1. The largest absolute Gasteiger partial charge is 0.513 e. The van der Waals surface area contributed by atoms with Crippen molar-refractivity contribution < 1.29 is 23.0 Å². The molecular formula is C19H16F2O3. The molecular weight excluding hydrogens is 314 g/mol. The SMILES string of the molecule is CCCCOC(=O)Oc1c2ccc(F)cc2cc2ccc(F)cc12. The fraction of sp³-hybridized carbons (Fsp3) is 0.211. The van der Waals surface area contributed by atoms with Gasteiger partial charge in [-0.1, -0.05) is 19.4 Å². The second kappa shape index (κ2) is 6.83. The molecule has 24 heavy (non-hydrogen) atoms. The maximum Gasteiger partial charge on any atom is 0.513 e. The smallest absolute Gasteiger partial charge is 0.434 e. The number of carbonyl (C=O) groups is 1. The molecule has 0 spiro atoms. The molecule has 0 aliphatic carbocycles. The average Bonchev–Trinajstić information content (AvgIpc) is 2.55. The van der Waals surface area contributed by atoms with Crippen LogP contribution in [-0.4, -0.2) is 12.8 Å². The first kappa shape index (κ1) is 16.2. The van der Waals surface area contributed by atoms with Crippen molar-refractivity contribution in [1.29, 1.82) is 0 Å². The van der Waals surface area contributed by atoms with Crippen molar-refractivity contribution in [3.05, 3.63) is 54.1 Å². The van der Waals surface area contributed by atoms with Gasteiger partial charge in [-0.15, -0.1) is 0 Å². The summed E-state index contributed by atoms with van der Waals surface area (Å²) in [6, 6.07) is 9.98. The summed E-state index contributed by atoms with van der Waals surface area (Å²) in [7, 11) is 0. The van der Waals surface area contributed by atoms with Crippen LogP contribution in [0.15, 0.2) is 42.5 Å². The van der Waals surface area contributed by atoms with Crippen LogP contribution in [0.5, 0.6) is 5.75 Å². The van der Waals surface area contributed by atoms with E-state index in [2.05, 4.69) is 0 Å². The van der Waals surface area contributed by atoms with E-state index >= 15 is 0 Å². The van der Waals surface area contributed by atoms with Crippen molar-refractivity contribution in [1.82, 2.24) is 0 Å². The van der Waals surface area contributed by atoms with E-state index in [4.69, 9.17) is 9.47 Å². The number of carbonyl (C=O) groups excluding carboxylic acids is 1. The quantitative estimate of drug-likeness (QED) is 0.271. The number of hydrogen-bond acceptors (Lipinski definition) is 3. The van der Waals surface area contributed by atoms with Gasteiger partial charge in [0, 0.05) is 10.8 Å². The monoisotopic (exact) mass is 330 g/mol. The molecule has 0 bridgehead atoms. The van der Waals surface area contributed by atoms with Crippen molar-refractivity contribution in [2.45, 2.75) is 19.8 Å². The number of unbranched alkanes of at least 4 members (excludes halogenated alkanes) is 1. The topological polar surface area (TPSA) is 35.5 Å². The lowest BCUT2D eigenvalue weighted by Gasteiger charge is -2.12. The van der Waals surface area contributed by atoms with E-state index in [0.717, 1.165) is 12.8 Å². The number of hydrogen-bond donors (Lipinski definition) is 0. The summed E-state index contributed by atoms with van der Waals surface area (Å²) in [4.78, 5) is 11.9. The molecule has 3 rings (SSSR count). The molecule has 0 radical (unpaired) electrons. The lowest BCUT2D eigenvalue weighted by Crippen LogP contribution is -2.12. The van der Waals surface area contributed by atoms with E-state index in [1.807, 2.05) is 6.92 Å². The van der Waals surface area contributed by atoms with Gasteiger partial charge in [-0.05, 0) is 53.6 Å². The van der Waals surface area contributed by atoms with Crippen LogP contribution in [0.25, 0.3) is 21.5 Å². The molecule has 0 aliphatic rings. The van der Waals surface area contributed by atoms with Crippen LogP contribution in [0, 0.1) is 11.6 Å². The van der Waals surface area contributed by atoms with E-state index in [1.165, 1.54) is 30.3 Å². The summed E-state index contributed by atoms with van der Waals surface area (Å²) in [6.07, 6.45) is 0.756. The van der Waals surface area contributed by atoms with Crippen molar-refractivity contribution >= 4 is 27.7 Å². The van der Waals surface area contributed by atoms with E-state index in [0.29, 0.717) is 21.5 Å². The highest BCUT2D eigenvalue weighted by atomic mass is 19.1. The molecule has 0 heterocycles. The van der Waals surface area contributed by atoms with E-state index in [-0.39, 0.29) is 12.4 Å². The zero-order valence-corrected chi connectivity index (χ0v) is 13.1. The first-order chi connectivity index (χ1) is 11.6. The van der Waals surface area contributed by atoms with Crippen molar-refractivity contribution in [2.75, 3.05) is 6.61 Å². The van der Waals surface area contributed by atoms with Gasteiger partial charge in [0.2, 0.25) is 0 Å². The Morgan fingerprint density at radius 2 is 1.71 bits per heavy atom. The second-order valence-electron chi connectivity index (χ2n) is 5.49. The summed E-state index contributed by atoms with van der Waals surface area (Å²) >= 11 is 0. The van der Waals surface area contributed by atoms with Gasteiger partial charge in [-0.2, -0.15) is 0 Å². The molecule has 0 saturated carbocycles. The van der Waals surface area contributed by atoms with Crippen molar-refractivity contribution in [2.24, 2.45) is 0 Å². The number of fused-ring (bicyclic) bond motifs is 2. The maximum absolute atomic E-state index is 13.6. The minimum absolute atomic E-state index is 0.170. The zero-order valence-electron chi connectivity index (χ0n) is 13.1. The lowest BCUT2D eigenvalue weighted by atomic mass is 10.0. The number of halogens is 2. The Morgan fingerprint density at radius 1 is 0.958 bits per heavy atom. The first-order valence-electron chi connectivity index (χ1n) is 7.74. The lowest BCUT2D eigenvalue weighted by molar-refractivity contribution is 0.0988. The fourth-order valence-electron chi connectivity index (χ4n) is 2.55. The Kier molecular flexibility index (Phi) is 4.60. The fourth-order valence-corrected chi connectivity index (χ4v) is 2.55. The molecule has 0 aromatic heterocycles. The summed E-state index contributed by atoms with van der Waals surface area (Å²) in [5.74, 6) is -0.683. The molecule has 0 N–H and O–H groups in total. The number of benzene rings is 3. The molecule has 3 aromatic carbocycles. The van der Waals surface area contributed by atoms with Crippen molar-refractivity contribution in [3.63, 3.8) is 0 Å². The number of ether oxygens (including phenoxy) is 2. The van der Waals surface area contributed by atoms with Crippen LogP contribution < -0.4 is 4.74 Å². The molecule has 0 fully saturated rings. The van der Waals surface area contributed by atoms with Gasteiger partial charge in [-0.25, -0.2) is 13.6 Å². The molecule has 5 heteroatoms. The maximum atomic E-state index is 13.6. The van der Waals surface area contributed by atoms with Gasteiger partial charge in [0.15, 0.2) is 0 Å². The average molecular weight is 330 g/mol. The Morgan fingerprint density at radius 3 is 2.50 bits per heavy atom. The van der Waals surface area contributed by atoms with Crippen LogP contribution in [0.3, 0.4) is 0 Å². The van der Waals surface area contributed by atoms with Gasteiger partial charge < -0.3 is 9.47 Å². The van der Waals surface area contributed by atoms with Gasteiger partial charge in [0.25, 0.3) is 0 Å². The van der Waals surface area contributed by atoms with Gasteiger partial charge in [0.05, 0.1) is 6.61 Å². The Balaban J connectivity index is 2.10. The Labute approximate surface area is 137 Å². The highest BCUT2D eigenvalue weighted by Gasteiger charge is 2.15. The standard InChI is InChI=1S/C19H16F2O3/c1-2-3-8-23-19(22)24-18-16-7-6-14(20)10-13(16)9-12-4-5-15(21)11-17(12)18/h4-7,9-11H,2-3,8H2,1H3. The summed E-state index contributed by atoms with van der Waals surface area (Å²) in [5.41, 5.74) is 0. The summed E-state index contributed by atoms with van der Waals surface area (Å²) in [6.45, 7) is 2.23. The van der Waals surface area contributed by atoms with Gasteiger partial charge in [-0.3, -0.25) is 0 Å². The van der Waals surface area contributed by atoms with Crippen LogP contribution in [0.2, 0.25) is 0 Å². The van der Waals surface area contributed by atoms with Crippen LogP contribution >= 0.6 is 0 Å². The third kappa shape index (κ3) is 3.30. The van der Waals surface area contributed by atoms with Gasteiger partial charge >= 0.3 is 6.16 Å². The van der Waals surface area contributed by atoms with Gasteiger partial charge in [0.1, 0.15) is 17.4 Å². The van der Waals surface area contributed by atoms with Crippen LogP contribution in [0.1, 0.15) is 19.8 Å². The molecule has 3 aromatic rings. The third-order valence-corrected chi connectivity index (χ3v) is 3.73. The molecule has 0 unspecified atom stereocenters. The van der Waals surface area contributed by atoms with Crippen LogP contribution in [0.4, 0.5) is 13.6 Å². The highest BCUT2D eigenvalue weighted by molar-refractivity contribution is 6.06. The predicted octanol–water partition coefficient (Wildman–Crippen LogP) is 5.59. The summed E-state index contributed by atoms with van der Waals surface area (Å²) < 4.78 is 37.5. The van der Waals surface area contributed by atoms with Crippen molar-refractivity contribution in [3.8, 4) is 5.75 Å². The second-order valence-corrected chi connectivity index (χ2v) is 5.49. The third-order valence-electron chi connectivity index (χ3n) is 3.73. The normalized spacial score (nSPS) is 11.0. The van der Waals surface area contributed by atoms with Crippen LogP contribution in [-0.2, 0) is 4.74 Å². The number of rotatable bonds is 4. The minimum atomic E-state index is -0.856. The minimum Gasteiger partial charge on any atom is -0.434 e. The highest BCUT2D eigenvalue weighted by Crippen LogP contribution is 2.36. The Bertz CT molecular complexity index is 906. The van der Waals surface area contributed by atoms with E-state index in [1.54, 1.807) is 12.1 Å². The molecule has 0 atom stereocenters. The summed E-state index contributed by atoms with van der Waals surface area (Å²) in [5, 5.41) is 2.15. The van der Waals surface area contributed by atoms with E-state index < -0.39 is 17.8 Å². The molecule has 0 amide bonds. The molecule has 0 saturated heterocycles. The molecule has 0 aliphatic heterocycles. The first-order valence-corrected chi connectivity index (χ1v) is 7.74. The predicted molar refractivity (Wildman–Crippen MR) is 88.3 cm³/mol. The van der Waals surface area contributed by atoms with E-state index in [9.17, 15) is 13.6 Å².